The van der Waals surface area contributed by atoms with Gasteiger partial charge in [0, 0.05) is 13.0 Å². The van der Waals surface area contributed by atoms with Crippen LogP contribution >= 0.6 is 7.82 Å². The highest BCUT2D eigenvalue weighted by atomic mass is 31.2. The summed E-state index contributed by atoms with van der Waals surface area (Å²) in [5, 5.41) is 8.73. The van der Waals surface area contributed by atoms with Crippen molar-refractivity contribution < 1.29 is 42.7 Å². The minimum atomic E-state index is -4.62. The molecule has 10 nitrogen and oxygen atoms in total. The number of phosphoric acid groups is 1. The third kappa shape index (κ3) is 23.6. The van der Waals surface area contributed by atoms with Gasteiger partial charge in [-0.1, -0.05) is 70.4 Å². The lowest BCUT2D eigenvalue weighted by Gasteiger charge is -2.21. The molecule has 0 fully saturated rings. The highest BCUT2D eigenvalue weighted by Crippen LogP contribution is 2.44. The summed E-state index contributed by atoms with van der Waals surface area (Å²) in [6, 6.07) is -1.47. The number of aliphatic carboxylic acids is 1. The highest BCUT2D eigenvalue weighted by molar-refractivity contribution is 7.47. The average molecular weight is 552 g/mol. The van der Waals surface area contributed by atoms with E-state index in [1.807, 2.05) is 0 Å². The van der Waals surface area contributed by atoms with Crippen LogP contribution in [0.1, 0.15) is 104 Å². The zero-order valence-electron chi connectivity index (χ0n) is 22.8. The van der Waals surface area contributed by atoms with Gasteiger partial charge < -0.3 is 25.2 Å². The van der Waals surface area contributed by atoms with E-state index in [0.29, 0.717) is 13.0 Å². The first-order valence-electron chi connectivity index (χ1n) is 13.7. The predicted molar refractivity (Wildman–Crippen MR) is 143 cm³/mol. The first-order chi connectivity index (χ1) is 17.7. The Labute approximate surface area is 222 Å². The first kappa shape index (κ1) is 35.7. The number of nitrogens with two attached hydrogens (primary N) is 1. The quantitative estimate of drug-likeness (QED) is 0.0542. The zero-order valence-corrected chi connectivity index (χ0v) is 23.7. The summed E-state index contributed by atoms with van der Waals surface area (Å²) >= 11 is 0. The summed E-state index contributed by atoms with van der Waals surface area (Å²) in [6.07, 6.45) is 19.0. The fourth-order valence-electron chi connectivity index (χ4n) is 3.42. The number of carboxylic acid groups (broad SMARTS) is 1. The topological polar surface area (TPSA) is 155 Å². The molecule has 0 aromatic rings. The van der Waals surface area contributed by atoms with Gasteiger partial charge in [0.15, 0.2) is 0 Å². The number of hydrogen-bond acceptors (Lipinski definition) is 8. The van der Waals surface area contributed by atoms with Crippen LogP contribution in [0.4, 0.5) is 0 Å². The number of unbranched alkanes of at least 4 members (excludes halogenated alkanes) is 11. The van der Waals surface area contributed by atoms with Crippen LogP contribution in [0, 0.1) is 0 Å². The molecule has 1 unspecified atom stereocenters. The summed E-state index contributed by atoms with van der Waals surface area (Å²) in [5.74, 6) is -1.81. The molecule has 0 spiro atoms. The minimum Gasteiger partial charge on any atom is -0.480 e. The van der Waals surface area contributed by atoms with E-state index in [1.165, 1.54) is 44.9 Å². The van der Waals surface area contributed by atoms with Crippen molar-refractivity contribution in [3.63, 3.8) is 0 Å². The molecule has 0 saturated carbocycles. The fraction of sp³-hybridized carbons (Fsp3) is 0.846. The normalized spacial score (nSPS) is 14.9. The van der Waals surface area contributed by atoms with Gasteiger partial charge in [0.05, 0.1) is 13.2 Å². The number of carbonyl (C=O) groups is 2. The minimum absolute atomic E-state index is 0.101. The smallest absolute Gasteiger partial charge is 0.472 e. The van der Waals surface area contributed by atoms with E-state index in [-0.39, 0.29) is 19.6 Å². The van der Waals surface area contributed by atoms with Gasteiger partial charge in [-0.05, 0) is 39.0 Å². The molecule has 3 atom stereocenters. The van der Waals surface area contributed by atoms with Gasteiger partial charge in [-0.15, -0.1) is 0 Å². The molecule has 0 bridgehead atoms. The number of allylic oxidation sites excluding steroid dienone is 2. The van der Waals surface area contributed by atoms with Crippen molar-refractivity contribution in [3.05, 3.63) is 12.2 Å². The maximum Gasteiger partial charge on any atom is 0.472 e. The van der Waals surface area contributed by atoms with Gasteiger partial charge in [-0.2, -0.15) is 0 Å². The number of rotatable bonds is 26. The van der Waals surface area contributed by atoms with E-state index in [1.54, 1.807) is 6.92 Å². The Morgan fingerprint density at radius 1 is 0.865 bits per heavy atom. The van der Waals surface area contributed by atoms with E-state index in [9.17, 15) is 19.0 Å². The van der Waals surface area contributed by atoms with E-state index in [2.05, 4.69) is 23.6 Å². The third-order valence-electron chi connectivity index (χ3n) is 5.60. The van der Waals surface area contributed by atoms with Gasteiger partial charge in [0.1, 0.15) is 18.8 Å². The van der Waals surface area contributed by atoms with Crippen LogP contribution in [-0.4, -0.2) is 60.5 Å². The summed E-state index contributed by atoms with van der Waals surface area (Å²) < 4.78 is 32.0. The Bertz CT molecular complexity index is 660. The number of ether oxygens (including phenoxy) is 2. The molecule has 0 aromatic heterocycles. The largest absolute Gasteiger partial charge is 0.480 e. The number of carbonyl (C=O) groups excluding carboxylic acids is 1. The van der Waals surface area contributed by atoms with Crippen molar-refractivity contribution in [2.24, 2.45) is 5.73 Å². The van der Waals surface area contributed by atoms with Gasteiger partial charge in [0.25, 0.3) is 0 Å². The van der Waals surface area contributed by atoms with Crippen LogP contribution in [0.5, 0.6) is 0 Å². The van der Waals surface area contributed by atoms with Crippen LogP contribution in [0.3, 0.4) is 0 Å². The van der Waals surface area contributed by atoms with Crippen molar-refractivity contribution in [1.29, 1.82) is 0 Å². The number of hydrogen-bond donors (Lipinski definition) is 3. The average Bonchev–Trinajstić information content (AvgIpc) is 2.86. The molecule has 4 N–H and O–H groups in total. The van der Waals surface area contributed by atoms with Gasteiger partial charge in [-0.3, -0.25) is 18.6 Å². The predicted octanol–water partition coefficient (Wildman–Crippen LogP) is 5.52. The molecule has 37 heavy (non-hydrogen) atoms. The maximum atomic E-state index is 12.1. The Morgan fingerprint density at radius 2 is 1.43 bits per heavy atom. The molecule has 0 saturated heterocycles. The van der Waals surface area contributed by atoms with Crippen molar-refractivity contribution in [1.82, 2.24) is 0 Å². The van der Waals surface area contributed by atoms with Gasteiger partial charge >= 0.3 is 19.8 Å². The van der Waals surface area contributed by atoms with Crippen LogP contribution < -0.4 is 5.73 Å². The lowest BCUT2D eigenvalue weighted by molar-refractivity contribution is -0.148. The second-order valence-electron chi connectivity index (χ2n) is 9.11. The molecule has 0 aliphatic rings. The van der Waals surface area contributed by atoms with E-state index >= 15 is 0 Å². The third-order valence-corrected chi connectivity index (χ3v) is 6.64. The summed E-state index contributed by atoms with van der Waals surface area (Å²) in [6.45, 7) is 3.19. The molecule has 0 amide bonds. The Hall–Kier alpha value is -1.29. The monoisotopic (exact) mass is 551 g/mol. The molecule has 0 aliphatic carbocycles. The standard InChI is InChI=1S/C26H50NO9P/c1-3-5-6-7-8-9-10-11-12-13-14-15-16-17-18-19-25(28)34-21-23(20-33-4-2)36-37(31,32)35-22-24(27)26(29)30/h11-12,23-24H,3-10,13-22,27H2,1-2H3,(H,29,30)(H,31,32)/b12-11-/t23-,24-/m0/s1. The summed E-state index contributed by atoms with van der Waals surface area (Å²) in [4.78, 5) is 32.5. The van der Waals surface area contributed by atoms with E-state index in [0.717, 1.165) is 32.1 Å². The van der Waals surface area contributed by atoms with Crippen molar-refractivity contribution in [2.45, 2.75) is 116 Å². The molecule has 218 valence electrons. The molecular formula is C26H50NO9P. The molecule has 0 aliphatic heterocycles. The van der Waals surface area contributed by atoms with E-state index in [4.69, 9.17) is 24.8 Å². The van der Waals surface area contributed by atoms with Gasteiger partial charge in [-0.25, -0.2) is 4.57 Å². The Morgan fingerprint density at radius 3 is 2.00 bits per heavy atom. The molecule has 11 heteroatoms. The van der Waals surface area contributed by atoms with Crippen molar-refractivity contribution >= 4 is 19.8 Å². The van der Waals surface area contributed by atoms with Gasteiger partial charge in [0.2, 0.25) is 0 Å². The molecule has 0 heterocycles. The van der Waals surface area contributed by atoms with Crippen LogP contribution in [0.25, 0.3) is 0 Å². The van der Waals surface area contributed by atoms with Crippen LogP contribution in [-0.2, 0) is 32.7 Å². The van der Waals surface area contributed by atoms with Crippen molar-refractivity contribution in [2.75, 3.05) is 26.4 Å². The van der Waals surface area contributed by atoms with Crippen LogP contribution in [0.2, 0.25) is 0 Å². The highest BCUT2D eigenvalue weighted by Gasteiger charge is 2.29. The lowest BCUT2D eigenvalue weighted by Crippen LogP contribution is -2.35. The molecular weight excluding hydrogens is 501 g/mol. The molecule has 0 radical (unpaired) electrons. The number of esters is 1. The summed E-state index contributed by atoms with van der Waals surface area (Å²) in [7, 11) is -4.62. The molecule has 0 rings (SSSR count). The Balaban J connectivity index is 3.95. The Kier molecular flexibility index (Phi) is 23.0. The second kappa shape index (κ2) is 23.8. The van der Waals surface area contributed by atoms with Crippen molar-refractivity contribution in [3.8, 4) is 0 Å². The maximum absolute atomic E-state index is 12.1. The number of carboxylic acids is 1. The zero-order chi connectivity index (χ0) is 27.8. The second-order valence-corrected chi connectivity index (χ2v) is 10.5. The van der Waals surface area contributed by atoms with Crippen LogP contribution in [0.15, 0.2) is 12.2 Å². The number of phosphoric ester groups is 1. The summed E-state index contributed by atoms with van der Waals surface area (Å²) in [5.41, 5.74) is 5.25. The fourth-order valence-corrected chi connectivity index (χ4v) is 4.33. The lowest BCUT2D eigenvalue weighted by atomic mass is 10.1. The first-order valence-corrected chi connectivity index (χ1v) is 15.2. The van der Waals surface area contributed by atoms with E-state index < -0.39 is 38.5 Å². The SMILES string of the molecule is CCCCCCCC/C=C\CCCCCCCC(=O)OC[C@H](COCC)OP(=O)(O)OC[C@H](N)C(=O)O. The molecule has 0 aromatic carbocycles.